The molecule has 3 aromatic rings. The number of nitrogens with zero attached hydrogens (tertiary/aromatic N) is 2. The molecule has 0 spiro atoms. The number of hydrogen-bond donors (Lipinski definition) is 1. The van der Waals surface area contributed by atoms with Crippen LogP contribution in [0.25, 0.3) is 11.3 Å². The van der Waals surface area contributed by atoms with Crippen LogP contribution in [0.2, 0.25) is 0 Å². The lowest BCUT2D eigenvalue weighted by Crippen LogP contribution is -2.11. The first-order valence-electron chi connectivity index (χ1n) is 6.40. The maximum atomic E-state index is 12.5. The summed E-state index contributed by atoms with van der Waals surface area (Å²) in [5, 5.41) is 6.23. The van der Waals surface area contributed by atoms with Gasteiger partial charge in [-0.2, -0.15) is 0 Å². The predicted molar refractivity (Wildman–Crippen MR) is 87.1 cm³/mol. The van der Waals surface area contributed by atoms with Gasteiger partial charge in [-0.3, -0.25) is 10.1 Å². The van der Waals surface area contributed by atoms with E-state index in [0.29, 0.717) is 10.0 Å². The van der Waals surface area contributed by atoms with E-state index < -0.39 is 0 Å². The number of amides is 1. The third-order valence-electron chi connectivity index (χ3n) is 2.83. The van der Waals surface area contributed by atoms with E-state index >= 15 is 0 Å². The van der Waals surface area contributed by atoms with Crippen molar-refractivity contribution >= 4 is 33.7 Å². The Morgan fingerprint density at radius 3 is 2.57 bits per heavy atom. The van der Waals surface area contributed by atoms with Crippen molar-refractivity contribution in [1.82, 2.24) is 9.97 Å². The second-order valence-electron chi connectivity index (χ2n) is 4.52. The lowest BCUT2D eigenvalue weighted by molar-refractivity contribution is 0.103. The van der Waals surface area contributed by atoms with Gasteiger partial charge in [0.2, 0.25) is 0 Å². The molecule has 4 nitrogen and oxygen atoms in total. The lowest BCUT2D eigenvalue weighted by Gasteiger charge is -2.02. The Kier molecular flexibility index (Phi) is 3.81. The Hall–Kier alpha value is -2.05. The Balaban J connectivity index is 1.93. The Bertz CT molecular complexity index is 777. The molecule has 3 rings (SSSR count). The van der Waals surface area contributed by atoms with Crippen molar-refractivity contribution in [2.45, 2.75) is 13.8 Å². The molecule has 1 N–H and O–H groups in total. The molecule has 1 amide bonds. The summed E-state index contributed by atoms with van der Waals surface area (Å²) in [6, 6.07) is 9.74. The van der Waals surface area contributed by atoms with Gasteiger partial charge in [-0.05, 0) is 13.8 Å². The quantitative estimate of drug-likeness (QED) is 0.790. The van der Waals surface area contributed by atoms with Gasteiger partial charge in [-0.25, -0.2) is 9.97 Å². The molecule has 6 heteroatoms. The average molecular weight is 315 g/mol. The highest BCUT2D eigenvalue weighted by atomic mass is 32.1. The van der Waals surface area contributed by atoms with Crippen LogP contribution in [0.3, 0.4) is 0 Å². The van der Waals surface area contributed by atoms with Crippen LogP contribution in [0.1, 0.15) is 20.4 Å². The van der Waals surface area contributed by atoms with Gasteiger partial charge >= 0.3 is 0 Å². The second-order valence-corrected chi connectivity index (χ2v) is 6.59. The summed E-state index contributed by atoms with van der Waals surface area (Å²) in [7, 11) is 0. The molecule has 2 aromatic heterocycles. The minimum atomic E-state index is -0.159. The van der Waals surface area contributed by atoms with Crippen LogP contribution in [0.15, 0.2) is 35.7 Å². The number of hydrogen-bond acceptors (Lipinski definition) is 5. The van der Waals surface area contributed by atoms with Crippen LogP contribution in [0.5, 0.6) is 0 Å². The molecule has 2 heterocycles. The zero-order valence-electron chi connectivity index (χ0n) is 11.6. The van der Waals surface area contributed by atoms with Gasteiger partial charge in [0.05, 0.1) is 16.4 Å². The standard InChI is InChI=1S/C15H13N3OS2/c1-9-8-20-15(16-9)18-14(19)13-12(17-10(2)21-13)11-6-4-3-5-7-11/h3-8H,1-2H3,(H,16,18,19). The molecule has 0 fully saturated rings. The van der Waals surface area contributed by atoms with Gasteiger partial charge in [0.25, 0.3) is 5.91 Å². The molecular weight excluding hydrogens is 302 g/mol. The fourth-order valence-corrected chi connectivity index (χ4v) is 3.46. The Labute approximate surface area is 130 Å². The maximum Gasteiger partial charge on any atom is 0.269 e. The van der Waals surface area contributed by atoms with Gasteiger partial charge in [-0.15, -0.1) is 22.7 Å². The second kappa shape index (κ2) is 5.75. The minimum absolute atomic E-state index is 0.159. The van der Waals surface area contributed by atoms with E-state index in [2.05, 4.69) is 15.3 Å². The van der Waals surface area contributed by atoms with Crippen LogP contribution < -0.4 is 5.32 Å². The topological polar surface area (TPSA) is 54.9 Å². The van der Waals surface area contributed by atoms with Crippen molar-refractivity contribution in [3.8, 4) is 11.3 Å². The lowest BCUT2D eigenvalue weighted by atomic mass is 10.1. The number of aromatic nitrogens is 2. The van der Waals surface area contributed by atoms with E-state index in [0.717, 1.165) is 22.0 Å². The SMILES string of the molecule is Cc1csc(NC(=O)c2sc(C)nc2-c2ccccc2)n1. The van der Waals surface area contributed by atoms with E-state index in [1.807, 2.05) is 49.6 Å². The summed E-state index contributed by atoms with van der Waals surface area (Å²) < 4.78 is 0. The smallest absolute Gasteiger partial charge is 0.269 e. The van der Waals surface area contributed by atoms with Gasteiger partial charge in [0, 0.05) is 10.9 Å². The van der Waals surface area contributed by atoms with Gasteiger partial charge in [0.1, 0.15) is 4.88 Å². The van der Waals surface area contributed by atoms with Gasteiger partial charge in [-0.1, -0.05) is 30.3 Å². The fourth-order valence-electron chi connectivity index (χ4n) is 1.94. The number of anilines is 1. The molecule has 0 aliphatic carbocycles. The molecule has 0 unspecified atom stereocenters. The highest BCUT2D eigenvalue weighted by Crippen LogP contribution is 2.29. The molecule has 0 atom stereocenters. The van der Waals surface area contributed by atoms with Crippen LogP contribution in [0.4, 0.5) is 5.13 Å². The first kappa shape index (κ1) is 13.9. The third-order valence-corrected chi connectivity index (χ3v) is 4.67. The summed E-state index contributed by atoms with van der Waals surface area (Å²) in [4.78, 5) is 21.8. The number of carbonyl (C=O) groups excluding carboxylic acids is 1. The molecule has 1 aromatic carbocycles. The predicted octanol–water partition coefficient (Wildman–Crippen LogP) is 4.14. The summed E-state index contributed by atoms with van der Waals surface area (Å²) in [6.07, 6.45) is 0. The van der Waals surface area contributed by atoms with E-state index in [9.17, 15) is 4.79 Å². The summed E-state index contributed by atoms with van der Waals surface area (Å²) in [6.45, 7) is 3.81. The Morgan fingerprint density at radius 1 is 1.14 bits per heavy atom. The zero-order valence-corrected chi connectivity index (χ0v) is 13.2. The zero-order chi connectivity index (χ0) is 14.8. The van der Waals surface area contributed by atoms with Crippen LogP contribution >= 0.6 is 22.7 Å². The highest BCUT2D eigenvalue weighted by molar-refractivity contribution is 7.15. The summed E-state index contributed by atoms with van der Waals surface area (Å²) in [5.74, 6) is -0.159. The van der Waals surface area contributed by atoms with Gasteiger partial charge in [0.15, 0.2) is 5.13 Å². The van der Waals surface area contributed by atoms with Crippen molar-refractivity contribution in [3.05, 3.63) is 51.3 Å². The molecule has 0 radical (unpaired) electrons. The number of carbonyl (C=O) groups is 1. The normalized spacial score (nSPS) is 10.6. The average Bonchev–Trinajstić information content (AvgIpc) is 3.06. The summed E-state index contributed by atoms with van der Waals surface area (Å²) >= 11 is 2.82. The van der Waals surface area contributed by atoms with Crippen molar-refractivity contribution in [2.75, 3.05) is 5.32 Å². The first-order valence-corrected chi connectivity index (χ1v) is 8.09. The maximum absolute atomic E-state index is 12.5. The van der Waals surface area contributed by atoms with E-state index in [4.69, 9.17) is 0 Å². The molecular formula is C15H13N3OS2. The summed E-state index contributed by atoms with van der Waals surface area (Å²) in [5.41, 5.74) is 2.57. The molecule has 21 heavy (non-hydrogen) atoms. The van der Waals surface area contributed by atoms with E-state index in [1.165, 1.54) is 22.7 Å². The largest absolute Gasteiger partial charge is 0.297 e. The Morgan fingerprint density at radius 2 is 1.90 bits per heavy atom. The molecule has 0 aliphatic heterocycles. The number of rotatable bonds is 3. The molecule has 0 saturated heterocycles. The highest BCUT2D eigenvalue weighted by Gasteiger charge is 2.19. The molecule has 0 aliphatic rings. The van der Waals surface area contributed by atoms with Crippen molar-refractivity contribution in [3.63, 3.8) is 0 Å². The monoisotopic (exact) mass is 315 g/mol. The van der Waals surface area contributed by atoms with E-state index in [-0.39, 0.29) is 5.91 Å². The van der Waals surface area contributed by atoms with Crippen LogP contribution in [-0.4, -0.2) is 15.9 Å². The minimum Gasteiger partial charge on any atom is -0.297 e. The molecule has 0 bridgehead atoms. The number of benzene rings is 1. The number of thiazole rings is 2. The number of nitrogens with one attached hydrogen (secondary N) is 1. The first-order chi connectivity index (χ1) is 10.1. The van der Waals surface area contributed by atoms with Crippen molar-refractivity contribution in [1.29, 1.82) is 0 Å². The molecule has 106 valence electrons. The third kappa shape index (κ3) is 3.01. The van der Waals surface area contributed by atoms with Crippen LogP contribution in [0, 0.1) is 13.8 Å². The van der Waals surface area contributed by atoms with Crippen molar-refractivity contribution < 1.29 is 4.79 Å². The van der Waals surface area contributed by atoms with E-state index in [1.54, 1.807) is 0 Å². The van der Waals surface area contributed by atoms with Gasteiger partial charge < -0.3 is 0 Å². The van der Waals surface area contributed by atoms with Crippen LogP contribution in [-0.2, 0) is 0 Å². The van der Waals surface area contributed by atoms with Crippen molar-refractivity contribution in [2.24, 2.45) is 0 Å². The molecule has 0 saturated carbocycles. The number of aryl methyl sites for hydroxylation is 2. The fraction of sp³-hybridized carbons (Fsp3) is 0.133.